The molecule has 0 fully saturated rings. The van der Waals surface area contributed by atoms with Gasteiger partial charge >= 0.3 is 0 Å². The number of rotatable bonds is 8. The van der Waals surface area contributed by atoms with E-state index in [1.807, 2.05) is 6.07 Å². The molecule has 20 heavy (non-hydrogen) atoms. The zero-order valence-corrected chi connectivity index (χ0v) is 12.0. The Morgan fingerprint density at radius 3 is 2.50 bits per heavy atom. The smallest absolute Gasteiger partial charge is 0.246 e. The molecule has 0 aliphatic heterocycles. The molecule has 0 bridgehead atoms. The molecule has 0 saturated carbocycles. The quantitative estimate of drug-likeness (QED) is 0.389. The van der Waals surface area contributed by atoms with Crippen LogP contribution in [0.25, 0.3) is 0 Å². The fourth-order valence-electron chi connectivity index (χ4n) is 1.89. The van der Waals surface area contributed by atoms with Crippen molar-refractivity contribution in [2.45, 2.75) is 39.0 Å². The van der Waals surface area contributed by atoms with Crippen molar-refractivity contribution in [2.75, 3.05) is 6.54 Å². The Morgan fingerprint density at radius 2 is 1.85 bits per heavy atom. The highest BCUT2D eigenvalue weighted by atomic mass is 16.3. The summed E-state index contributed by atoms with van der Waals surface area (Å²) in [6.45, 7) is 5.96. The van der Waals surface area contributed by atoms with Crippen LogP contribution < -0.4 is 5.32 Å². The number of phenols is 2. The van der Waals surface area contributed by atoms with Gasteiger partial charge in [-0.1, -0.05) is 25.5 Å². The number of aryl methyl sites for hydroxylation is 1. The Morgan fingerprint density at radius 1 is 1.15 bits per heavy atom. The number of carbonyl (C=O) groups is 1. The number of benzene rings is 1. The summed E-state index contributed by atoms with van der Waals surface area (Å²) in [5, 5.41) is 21.4. The molecule has 0 radical (unpaired) electrons. The van der Waals surface area contributed by atoms with Crippen molar-refractivity contribution in [3.63, 3.8) is 0 Å². The first-order valence-electron chi connectivity index (χ1n) is 6.95. The fraction of sp³-hybridized carbons (Fsp3) is 0.438. The van der Waals surface area contributed by atoms with Crippen LogP contribution in [0.1, 0.15) is 38.2 Å². The van der Waals surface area contributed by atoms with Gasteiger partial charge in [0.25, 0.3) is 0 Å². The average Bonchev–Trinajstić information content (AvgIpc) is 2.41. The molecule has 0 saturated heterocycles. The molecule has 4 heteroatoms. The maximum Gasteiger partial charge on any atom is 0.246 e. The molecule has 0 unspecified atom stereocenters. The predicted octanol–water partition coefficient (Wildman–Crippen LogP) is 2.89. The Hall–Kier alpha value is -1.97. The summed E-state index contributed by atoms with van der Waals surface area (Å²) in [4.78, 5) is 11.2. The number of unbranched alkanes of at least 4 members (excludes halogenated alkanes) is 3. The van der Waals surface area contributed by atoms with Crippen molar-refractivity contribution < 1.29 is 15.0 Å². The van der Waals surface area contributed by atoms with Gasteiger partial charge in [0.2, 0.25) is 5.91 Å². The second-order valence-corrected chi connectivity index (χ2v) is 5.02. The largest absolute Gasteiger partial charge is 0.504 e. The molecule has 110 valence electrons. The molecule has 0 aromatic heterocycles. The standard InChI is InChI=1S/C16H23NO3/c1-12(2)16(20)17-10-6-4-3-5-7-13-8-9-14(18)15(19)11-13/h8-9,11,18-19H,1,3-7,10H2,2H3,(H,17,20). The lowest BCUT2D eigenvalue weighted by atomic mass is 10.1. The molecule has 1 aromatic rings. The maximum atomic E-state index is 11.2. The van der Waals surface area contributed by atoms with E-state index in [0.29, 0.717) is 12.1 Å². The van der Waals surface area contributed by atoms with Crippen LogP contribution in [0.4, 0.5) is 0 Å². The molecule has 0 heterocycles. The van der Waals surface area contributed by atoms with Crippen LogP contribution in [0.2, 0.25) is 0 Å². The second-order valence-electron chi connectivity index (χ2n) is 5.02. The highest BCUT2D eigenvalue weighted by Gasteiger charge is 2.01. The summed E-state index contributed by atoms with van der Waals surface area (Å²) < 4.78 is 0. The van der Waals surface area contributed by atoms with Crippen LogP contribution >= 0.6 is 0 Å². The summed E-state index contributed by atoms with van der Waals surface area (Å²) in [5.74, 6) is -0.225. The zero-order chi connectivity index (χ0) is 15.0. The third kappa shape index (κ3) is 5.78. The number of aromatic hydroxyl groups is 2. The summed E-state index contributed by atoms with van der Waals surface area (Å²) in [6.07, 6.45) is 5.00. The van der Waals surface area contributed by atoms with E-state index in [0.717, 1.165) is 37.7 Å². The van der Waals surface area contributed by atoms with E-state index in [4.69, 9.17) is 0 Å². The first-order chi connectivity index (χ1) is 9.50. The van der Waals surface area contributed by atoms with Crippen molar-refractivity contribution in [1.82, 2.24) is 5.32 Å². The van der Waals surface area contributed by atoms with Crippen molar-refractivity contribution in [1.29, 1.82) is 0 Å². The van der Waals surface area contributed by atoms with Crippen LogP contribution in [0.3, 0.4) is 0 Å². The third-order valence-corrected chi connectivity index (χ3v) is 3.11. The van der Waals surface area contributed by atoms with Gasteiger partial charge in [0.15, 0.2) is 11.5 Å². The van der Waals surface area contributed by atoms with E-state index in [-0.39, 0.29) is 17.4 Å². The van der Waals surface area contributed by atoms with Crippen LogP contribution in [-0.2, 0) is 11.2 Å². The first-order valence-corrected chi connectivity index (χ1v) is 6.95. The SMILES string of the molecule is C=C(C)C(=O)NCCCCCCc1ccc(O)c(O)c1. The lowest BCUT2D eigenvalue weighted by Crippen LogP contribution is -2.24. The molecule has 4 nitrogen and oxygen atoms in total. The summed E-state index contributed by atoms with van der Waals surface area (Å²) in [5.41, 5.74) is 1.56. The van der Waals surface area contributed by atoms with Gasteiger partial charge in [-0.05, 0) is 43.9 Å². The van der Waals surface area contributed by atoms with Gasteiger partial charge in [-0.3, -0.25) is 4.79 Å². The molecule has 0 atom stereocenters. The molecule has 1 amide bonds. The summed E-state index contributed by atoms with van der Waals surface area (Å²) in [7, 11) is 0. The fourth-order valence-corrected chi connectivity index (χ4v) is 1.89. The number of hydrogen-bond donors (Lipinski definition) is 3. The maximum absolute atomic E-state index is 11.2. The lowest BCUT2D eigenvalue weighted by molar-refractivity contribution is -0.117. The van der Waals surface area contributed by atoms with E-state index < -0.39 is 0 Å². The van der Waals surface area contributed by atoms with E-state index in [9.17, 15) is 15.0 Å². The Balaban J connectivity index is 2.09. The van der Waals surface area contributed by atoms with Crippen LogP contribution in [-0.4, -0.2) is 22.7 Å². The lowest BCUT2D eigenvalue weighted by Gasteiger charge is -2.05. The predicted molar refractivity (Wildman–Crippen MR) is 79.8 cm³/mol. The molecular formula is C16H23NO3. The Labute approximate surface area is 120 Å². The van der Waals surface area contributed by atoms with Crippen LogP contribution in [0.15, 0.2) is 30.4 Å². The first kappa shape index (κ1) is 16.1. The molecule has 0 aliphatic rings. The van der Waals surface area contributed by atoms with Crippen molar-refractivity contribution in [3.8, 4) is 11.5 Å². The highest BCUT2D eigenvalue weighted by molar-refractivity contribution is 5.91. The Kier molecular flexibility index (Phi) is 6.64. The molecule has 0 spiro atoms. The monoisotopic (exact) mass is 277 g/mol. The molecule has 3 N–H and O–H groups in total. The van der Waals surface area contributed by atoms with Gasteiger partial charge in [-0.2, -0.15) is 0 Å². The molecule has 0 aliphatic carbocycles. The third-order valence-electron chi connectivity index (χ3n) is 3.11. The topological polar surface area (TPSA) is 69.6 Å². The van der Waals surface area contributed by atoms with E-state index in [2.05, 4.69) is 11.9 Å². The highest BCUT2D eigenvalue weighted by Crippen LogP contribution is 2.25. The Bertz CT molecular complexity index is 469. The van der Waals surface area contributed by atoms with Gasteiger partial charge in [0.1, 0.15) is 0 Å². The van der Waals surface area contributed by atoms with Crippen molar-refractivity contribution in [2.24, 2.45) is 0 Å². The summed E-state index contributed by atoms with van der Waals surface area (Å²) in [6, 6.07) is 4.93. The van der Waals surface area contributed by atoms with Crippen molar-refractivity contribution in [3.05, 3.63) is 35.9 Å². The van der Waals surface area contributed by atoms with Crippen LogP contribution in [0, 0.1) is 0 Å². The van der Waals surface area contributed by atoms with Gasteiger partial charge in [-0.25, -0.2) is 0 Å². The number of hydrogen-bond acceptors (Lipinski definition) is 3. The van der Waals surface area contributed by atoms with Gasteiger partial charge in [0, 0.05) is 12.1 Å². The van der Waals surface area contributed by atoms with E-state index >= 15 is 0 Å². The molecule has 1 aromatic carbocycles. The van der Waals surface area contributed by atoms with Gasteiger partial charge in [-0.15, -0.1) is 0 Å². The second kappa shape index (κ2) is 8.25. The summed E-state index contributed by atoms with van der Waals surface area (Å²) >= 11 is 0. The van der Waals surface area contributed by atoms with E-state index in [1.54, 1.807) is 13.0 Å². The minimum atomic E-state index is -0.0815. The van der Waals surface area contributed by atoms with Crippen LogP contribution in [0.5, 0.6) is 11.5 Å². The van der Waals surface area contributed by atoms with Gasteiger partial charge < -0.3 is 15.5 Å². The van der Waals surface area contributed by atoms with Gasteiger partial charge in [0.05, 0.1) is 0 Å². The number of nitrogens with one attached hydrogen (secondary N) is 1. The minimum absolute atomic E-state index is 0.0648. The number of amides is 1. The minimum Gasteiger partial charge on any atom is -0.504 e. The zero-order valence-electron chi connectivity index (χ0n) is 12.0. The van der Waals surface area contributed by atoms with E-state index in [1.165, 1.54) is 6.07 Å². The average molecular weight is 277 g/mol. The molecule has 1 rings (SSSR count). The molecular weight excluding hydrogens is 254 g/mol. The normalized spacial score (nSPS) is 10.2. The number of phenolic OH excluding ortho intramolecular Hbond substituents is 2. The van der Waals surface area contributed by atoms with Crippen molar-refractivity contribution >= 4 is 5.91 Å². The number of carbonyl (C=O) groups excluding carboxylic acids is 1.